The first-order chi connectivity index (χ1) is 9.54. The van der Waals surface area contributed by atoms with Gasteiger partial charge in [0.25, 0.3) is 5.91 Å². The summed E-state index contributed by atoms with van der Waals surface area (Å²) < 4.78 is 0. The van der Waals surface area contributed by atoms with Crippen molar-refractivity contribution in [2.75, 3.05) is 11.5 Å². The Labute approximate surface area is 122 Å². The number of nitrogen functional groups attached to an aromatic ring is 1. The van der Waals surface area contributed by atoms with Gasteiger partial charge in [0.15, 0.2) is 0 Å². The second-order valence-electron chi connectivity index (χ2n) is 4.77. The van der Waals surface area contributed by atoms with Crippen molar-refractivity contribution in [2.45, 2.75) is 31.2 Å². The average molecular weight is 294 g/mol. The SMILES string of the molecule is CCCC1SCC(C(=O)O)N1C(=O)c1cccc(N)c1. The molecule has 1 heterocycles. The third-order valence-corrected chi connectivity index (χ3v) is 4.64. The van der Waals surface area contributed by atoms with Gasteiger partial charge in [-0.3, -0.25) is 4.79 Å². The van der Waals surface area contributed by atoms with E-state index in [9.17, 15) is 14.7 Å². The van der Waals surface area contributed by atoms with E-state index in [4.69, 9.17) is 5.73 Å². The maximum atomic E-state index is 12.6. The Balaban J connectivity index is 2.29. The van der Waals surface area contributed by atoms with Crippen molar-refractivity contribution in [1.82, 2.24) is 4.90 Å². The van der Waals surface area contributed by atoms with Gasteiger partial charge in [-0.1, -0.05) is 19.4 Å². The smallest absolute Gasteiger partial charge is 0.327 e. The third kappa shape index (κ3) is 2.90. The van der Waals surface area contributed by atoms with E-state index >= 15 is 0 Å². The van der Waals surface area contributed by atoms with Crippen LogP contribution in [0.2, 0.25) is 0 Å². The molecule has 2 unspecified atom stereocenters. The van der Waals surface area contributed by atoms with Crippen LogP contribution in [-0.2, 0) is 4.79 Å². The van der Waals surface area contributed by atoms with Gasteiger partial charge < -0.3 is 15.7 Å². The lowest BCUT2D eigenvalue weighted by Gasteiger charge is -2.27. The van der Waals surface area contributed by atoms with E-state index in [1.165, 1.54) is 16.7 Å². The largest absolute Gasteiger partial charge is 0.480 e. The summed E-state index contributed by atoms with van der Waals surface area (Å²) in [6.45, 7) is 2.03. The second kappa shape index (κ2) is 6.17. The maximum absolute atomic E-state index is 12.6. The molecule has 0 spiro atoms. The predicted octanol–water partition coefficient (Wildman–Crippen LogP) is 2.04. The highest BCUT2D eigenvalue weighted by Gasteiger charge is 2.41. The number of benzene rings is 1. The minimum atomic E-state index is -0.951. The third-order valence-electron chi connectivity index (χ3n) is 3.28. The van der Waals surface area contributed by atoms with Crippen LogP contribution >= 0.6 is 11.8 Å². The molecule has 1 amide bonds. The molecule has 2 rings (SSSR count). The zero-order valence-corrected chi connectivity index (χ0v) is 12.1. The molecule has 1 aromatic carbocycles. The molecule has 0 radical (unpaired) electrons. The summed E-state index contributed by atoms with van der Waals surface area (Å²) in [5, 5.41) is 9.21. The van der Waals surface area contributed by atoms with E-state index in [1.807, 2.05) is 6.92 Å². The average Bonchev–Trinajstić information content (AvgIpc) is 2.82. The van der Waals surface area contributed by atoms with Gasteiger partial charge in [-0.05, 0) is 24.6 Å². The lowest BCUT2D eigenvalue weighted by atomic mass is 10.1. The number of carboxylic acid groups (broad SMARTS) is 1. The number of carbonyl (C=O) groups is 2. The van der Waals surface area contributed by atoms with Crippen LogP contribution in [-0.4, -0.2) is 39.1 Å². The Kier molecular flexibility index (Phi) is 4.54. The van der Waals surface area contributed by atoms with Gasteiger partial charge in [0.2, 0.25) is 0 Å². The highest BCUT2D eigenvalue weighted by Crippen LogP contribution is 2.33. The first-order valence-electron chi connectivity index (χ1n) is 6.57. The Bertz CT molecular complexity index is 521. The molecule has 5 nitrogen and oxygen atoms in total. The van der Waals surface area contributed by atoms with E-state index < -0.39 is 12.0 Å². The number of nitrogens with two attached hydrogens (primary N) is 1. The van der Waals surface area contributed by atoms with E-state index in [0.29, 0.717) is 17.0 Å². The quantitative estimate of drug-likeness (QED) is 0.830. The predicted molar refractivity (Wildman–Crippen MR) is 79.6 cm³/mol. The maximum Gasteiger partial charge on any atom is 0.327 e. The molecule has 20 heavy (non-hydrogen) atoms. The number of rotatable bonds is 4. The first-order valence-corrected chi connectivity index (χ1v) is 7.62. The van der Waals surface area contributed by atoms with Crippen molar-refractivity contribution in [3.63, 3.8) is 0 Å². The molecule has 1 fully saturated rings. The van der Waals surface area contributed by atoms with Crippen LogP contribution in [0.15, 0.2) is 24.3 Å². The highest BCUT2D eigenvalue weighted by atomic mass is 32.2. The fraction of sp³-hybridized carbons (Fsp3) is 0.429. The molecular formula is C14H18N2O3S. The molecule has 108 valence electrons. The fourth-order valence-electron chi connectivity index (χ4n) is 2.32. The van der Waals surface area contributed by atoms with Gasteiger partial charge in [0.05, 0.1) is 5.37 Å². The van der Waals surface area contributed by atoms with Gasteiger partial charge in [-0.2, -0.15) is 0 Å². The summed E-state index contributed by atoms with van der Waals surface area (Å²) in [7, 11) is 0. The molecule has 1 saturated heterocycles. The summed E-state index contributed by atoms with van der Waals surface area (Å²) in [4.78, 5) is 25.4. The molecule has 1 aliphatic heterocycles. The standard InChI is InChI=1S/C14H18N2O3S/c1-2-4-12-16(11(8-20-12)14(18)19)13(17)9-5-3-6-10(15)7-9/h3,5-7,11-12H,2,4,8,15H2,1H3,(H,18,19). The van der Waals surface area contributed by atoms with Crippen molar-refractivity contribution >= 4 is 29.3 Å². The summed E-state index contributed by atoms with van der Waals surface area (Å²) in [5.74, 6) is -0.768. The summed E-state index contributed by atoms with van der Waals surface area (Å²) in [5.41, 5.74) is 6.64. The fourth-order valence-corrected chi connectivity index (χ4v) is 3.83. The minimum absolute atomic E-state index is 0.0740. The van der Waals surface area contributed by atoms with Gasteiger partial charge in [-0.25, -0.2) is 4.79 Å². The normalized spacial score (nSPS) is 21.9. The minimum Gasteiger partial charge on any atom is -0.480 e. The molecule has 6 heteroatoms. The molecule has 3 N–H and O–H groups in total. The van der Waals surface area contributed by atoms with Crippen molar-refractivity contribution in [3.8, 4) is 0 Å². The molecule has 0 saturated carbocycles. The number of anilines is 1. The van der Waals surface area contributed by atoms with Crippen molar-refractivity contribution in [1.29, 1.82) is 0 Å². The number of hydrogen-bond donors (Lipinski definition) is 2. The number of carbonyl (C=O) groups excluding carboxylic acids is 1. The lowest BCUT2D eigenvalue weighted by Crippen LogP contribution is -2.45. The van der Waals surface area contributed by atoms with Crippen LogP contribution in [0.5, 0.6) is 0 Å². The Morgan fingerprint density at radius 3 is 2.85 bits per heavy atom. The zero-order chi connectivity index (χ0) is 14.7. The summed E-state index contributed by atoms with van der Waals surface area (Å²) in [6.07, 6.45) is 1.70. The number of aliphatic carboxylic acids is 1. The van der Waals surface area contributed by atoms with Crippen LogP contribution in [0.25, 0.3) is 0 Å². The highest BCUT2D eigenvalue weighted by molar-refractivity contribution is 8.00. The Hall–Kier alpha value is -1.69. The zero-order valence-electron chi connectivity index (χ0n) is 11.3. The van der Waals surface area contributed by atoms with Gasteiger partial charge >= 0.3 is 5.97 Å². The van der Waals surface area contributed by atoms with E-state index in [0.717, 1.165) is 12.8 Å². The van der Waals surface area contributed by atoms with Crippen molar-refractivity contribution in [3.05, 3.63) is 29.8 Å². The number of nitrogens with zero attached hydrogens (tertiary/aromatic N) is 1. The topological polar surface area (TPSA) is 83.6 Å². The van der Waals surface area contributed by atoms with Crippen LogP contribution in [0, 0.1) is 0 Å². The number of hydrogen-bond acceptors (Lipinski definition) is 4. The van der Waals surface area contributed by atoms with E-state index in [1.54, 1.807) is 24.3 Å². The number of thioether (sulfide) groups is 1. The monoisotopic (exact) mass is 294 g/mol. The van der Waals surface area contributed by atoms with Crippen molar-refractivity contribution < 1.29 is 14.7 Å². The molecular weight excluding hydrogens is 276 g/mol. The molecule has 0 bridgehead atoms. The summed E-state index contributed by atoms with van der Waals surface area (Å²) in [6, 6.07) is 5.91. The van der Waals surface area contributed by atoms with Gasteiger partial charge in [0.1, 0.15) is 6.04 Å². The summed E-state index contributed by atoms with van der Waals surface area (Å²) >= 11 is 1.53. The Morgan fingerprint density at radius 1 is 1.50 bits per heavy atom. The first kappa shape index (κ1) is 14.7. The van der Waals surface area contributed by atoms with Crippen LogP contribution in [0.1, 0.15) is 30.1 Å². The van der Waals surface area contributed by atoms with Gasteiger partial charge in [-0.15, -0.1) is 11.8 Å². The molecule has 2 atom stereocenters. The second-order valence-corrected chi connectivity index (χ2v) is 5.98. The van der Waals surface area contributed by atoms with Crippen LogP contribution in [0.4, 0.5) is 5.69 Å². The lowest BCUT2D eigenvalue weighted by molar-refractivity contribution is -0.141. The van der Waals surface area contributed by atoms with Crippen LogP contribution in [0.3, 0.4) is 0 Å². The number of amides is 1. The Morgan fingerprint density at radius 2 is 2.25 bits per heavy atom. The molecule has 0 aromatic heterocycles. The van der Waals surface area contributed by atoms with E-state index in [2.05, 4.69) is 0 Å². The molecule has 1 aromatic rings. The molecule has 1 aliphatic rings. The molecule has 0 aliphatic carbocycles. The van der Waals surface area contributed by atoms with Crippen LogP contribution < -0.4 is 5.73 Å². The van der Waals surface area contributed by atoms with Gasteiger partial charge in [0, 0.05) is 17.0 Å². The van der Waals surface area contributed by atoms with E-state index in [-0.39, 0.29) is 11.3 Å². The number of carboxylic acids is 1. The van der Waals surface area contributed by atoms with Crippen molar-refractivity contribution in [2.24, 2.45) is 0 Å².